The Hall–Kier alpha value is -0.890. The fraction of sp³-hybridized carbons (Fsp3) is 0.875. The topological polar surface area (TPSA) is 95.9 Å². The molecular weight excluding hydrogens is 510 g/mol. The quantitative estimate of drug-likeness (QED) is 0.264. The lowest BCUT2D eigenvalue weighted by atomic mass is 9.44. The third-order valence-electron chi connectivity index (χ3n) is 11.8. The molecule has 4 saturated carbocycles. The van der Waals surface area contributed by atoms with Gasteiger partial charge in [0.05, 0.1) is 18.5 Å². The molecule has 6 nitrogen and oxygen atoms in total. The van der Waals surface area contributed by atoms with Crippen LogP contribution >= 0.6 is 11.8 Å². The van der Waals surface area contributed by atoms with Gasteiger partial charge in [-0.1, -0.05) is 47.6 Å². The molecule has 222 valence electrons. The van der Waals surface area contributed by atoms with Crippen LogP contribution in [0.25, 0.3) is 0 Å². The number of nitrogens with one attached hydrogen (secondary N) is 1. The number of hydrogen-bond acceptors (Lipinski definition) is 7. The predicted octanol–water partition coefficient (Wildman–Crippen LogP) is 5.15. The average Bonchev–Trinajstić information content (AvgIpc) is 3.51. The molecule has 0 radical (unpaired) electrons. The van der Waals surface area contributed by atoms with E-state index in [2.05, 4.69) is 46.5 Å². The summed E-state index contributed by atoms with van der Waals surface area (Å²) in [5, 5.41) is 25.3. The minimum Gasteiger partial charge on any atom is -0.461 e. The van der Waals surface area contributed by atoms with E-state index in [0.29, 0.717) is 35.8 Å². The zero-order valence-corrected chi connectivity index (χ0v) is 25.9. The highest BCUT2D eigenvalue weighted by molar-refractivity contribution is 8.00. The summed E-state index contributed by atoms with van der Waals surface area (Å²) in [6.45, 7) is 17.1. The first-order chi connectivity index (χ1) is 18.3. The van der Waals surface area contributed by atoms with Crippen molar-refractivity contribution in [1.82, 2.24) is 5.32 Å². The monoisotopic (exact) mass is 563 g/mol. The maximum absolute atomic E-state index is 13.5. The first-order valence-corrected chi connectivity index (χ1v) is 16.4. The molecule has 0 amide bonds. The normalized spacial score (nSPS) is 44.9. The van der Waals surface area contributed by atoms with Crippen molar-refractivity contribution >= 4 is 23.5 Å². The average molecular weight is 564 g/mol. The third-order valence-corrected chi connectivity index (χ3v) is 13.2. The highest BCUT2D eigenvalue weighted by atomic mass is 32.2. The van der Waals surface area contributed by atoms with E-state index >= 15 is 0 Å². The molecule has 39 heavy (non-hydrogen) atoms. The fourth-order valence-electron chi connectivity index (χ4n) is 8.88. The van der Waals surface area contributed by atoms with Crippen molar-refractivity contribution in [2.24, 2.45) is 39.9 Å². The van der Waals surface area contributed by atoms with Crippen molar-refractivity contribution in [2.75, 3.05) is 12.4 Å². The number of ketones is 1. The summed E-state index contributed by atoms with van der Waals surface area (Å²) in [6, 6.07) is 0.466. The molecule has 4 aliphatic rings. The predicted molar refractivity (Wildman–Crippen MR) is 157 cm³/mol. The van der Waals surface area contributed by atoms with Crippen molar-refractivity contribution in [3.63, 3.8) is 0 Å². The van der Waals surface area contributed by atoms with Crippen molar-refractivity contribution in [3.8, 4) is 0 Å². The van der Waals surface area contributed by atoms with Crippen LogP contribution in [0.1, 0.15) is 92.9 Å². The summed E-state index contributed by atoms with van der Waals surface area (Å²) in [6.07, 6.45) is 7.59. The van der Waals surface area contributed by atoms with E-state index in [0.717, 1.165) is 38.5 Å². The van der Waals surface area contributed by atoms with Gasteiger partial charge in [0.25, 0.3) is 0 Å². The zero-order chi connectivity index (χ0) is 28.8. The number of carbonyl (C=O) groups excluding carboxylic acids is 2. The van der Waals surface area contributed by atoms with E-state index in [9.17, 15) is 19.8 Å². The molecule has 2 bridgehead atoms. The van der Waals surface area contributed by atoms with Gasteiger partial charge in [-0.25, -0.2) is 0 Å². The van der Waals surface area contributed by atoms with Gasteiger partial charge in [-0.05, 0) is 68.1 Å². The lowest BCUT2D eigenvalue weighted by molar-refractivity contribution is -0.205. The SMILES string of the molecule is C=C[C@]1(C)C[C@@H](OC(=O)CSC2CCC(NC(CO)C(C)C)C2)[C@]2(C)[C@H](C)CCC3(CCC(=O)[C@H]32)[C@@H](C)[C@@H]1O. The molecule has 4 aliphatic carbocycles. The van der Waals surface area contributed by atoms with Crippen molar-refractivity contribution in [1.29, 1.82) is 0 Å². The van der Waals surface area contributed by atoms with Crippen LogP contribution in [-0.4, -0.2) is 63.9 Å². The molecule has 0 heterocycles. The third kappa shape index (κ3) is 5.51. The Morgan fingerprint density at radius 2 is 1.95 bits per heavy atom. The maximum atomic E-state index is 13.5. The summed E-state index contributed by atoms with van der Waals surface area (Å²) >= 11 is 1.67. The van der Waals surface area contributed by atoms with Crippen LogP contribution < -0.4 is 5.32 Å². The van der Waals surface area contributed by atoms with Crippen LogP contribution in [-0.2, 0) is 14.3 Å². The van der Waals surface area contributed by atoms with Gasteiger partial charge in [0.1, 0.15) is 11.9 Å². The van der Waals surface area contributed by atoms with Crippen molar-refractivity contribution in [3.05, 3.63) is 12.7 Å². The number of Topliss-reactive ketones (excluding diaryl/α,β-unsaturated/α-hetero) is 1. The molecule has 0 saturated heterocycles. The Morgan fingerprint density at radius 1 is 1.23 bits per heavy atom. The summed E-state index contributed by atoms with van der Waals surface area (Å²) in [5.74, 6) is 0.744. The highest BCUT2D eigenvalue weighted by Crippen LogP contribution is 2.68. The van der Waals surface area contributed by atoms with Crippen LogP contribution in [0.15, 0.2) is 12.7 Å². The molecule has 0 aromatic heterocycles. The molecule has 4 fully saturated rings. The zero-order valence-electron chi connectivity index (χ0n) is 25.1. The fourth-order valence-corrected chi connectivity index (χ4v) is 9.99. The van der Waals surface area contributed by atoms with E-state index in [1.807, 2.05) is 13.0 Å². The molecule has 4 unspecified atom stereocenters. The van der Waals surface area contributed by atoms with E-state index in [1.54, 1.807) is 11.8 Å². The van der Waals surface area contributed by atoms with Crippen LogP contribution in [0.3, 0.4) is 0 Å². The van der Waals surface area contributed by atoms with Crippen LogP contribution in [0, 0.1) is 39.9 Å². The number of aliphatic hydroxyl groups excluding tert-OH is 2. The van der Waals surface area contributed by atoms with E-state index in [-0.39, 0.29) is 47.6 Å². The Morgan fingerprint density at radius 3 is 2.59 bits per heavy atom. The molecule has 0 spiro atoms. The Balaban J connectivity index is 1.50. The number of aliphatic hydroxyl groups is 2. The highest BCUT2D eigenvalue weighted by Gasteiger charge is 2.68. The van der Waals surface area contributed by atoms with Gasteiger partial charge in [0.15, 0.2) is 0 Å². The summed E-state index contributed by atoms with van der Waals surface area (Å²) in [4.78, 5) is 27.0. The molecular formula is C32H53NO5S. The molecule has 0 aliphatic heterocycles. The van der Waals surface area contributed by atoms with Gasteiger partial charge in [-0.3, -0.25) is 9.59 Å². The Labute approximate surface area is 240 Å². The number of rotatable bonds is 9. The van der Waals surface area contributed by atoms with Crippen molar-refractivity contribution in [2.45, 2.75) is 122 Å². The first-order valence-electron chi connectivity index (χ1n) is 15.3. The van der Waals surface area contributed by atoms with Gasteiger partial charge < -0.3 is 20.3 Å². The standard InChI is InChI=1S/C32H53NO5S/c1-8-30(6)16-26(38-27(36)18-39-23-10-9-22(15-23)33-24(17-34)19(2)3)31(7)20(4)11-13-32(21(5)29(30)37)14-12-25(35)28(31)32/h8,19-24,26,28-29,33-34,37H,1,9-18H2,2-7H3/t20-,21+,22?,23?,24?,26-,28+,29+,30-,31+,32?/m1/s1. The minimum atomic E-state index is -0.645. The van der Waals surface area contributed by atoms with Crippen molar-refractivity contribution < 1.29 is 24.5 Å². The Bertz CT molecular complexity index is 926. The second-order valence-corrected chi connectivity index (χ2v) is 15.5. The second-order valence-electron chi connectivity index (χ2n) is 14.2. The number of esters is 1. The van der Waals surface area contributed by atoms with Gasteiger partial charge in [-0.15, -0.1) is 18.3 Å². The largest absolute Gasteiger partial charge is 0.461 e. The minimum absolute atomic E-state index is 0.0268. The first kappa shape index (κ1) is 31.1. The molecule has 0 aromatic carbocycles. The summed E-state index contributed by atoms with van der Waals surface area (Å²) < 4.78 is 6.40. The van der Waals surface area contributed by atoms with E-state index in [1.165, 1.54) is 0 Å². The molecule has 0 aromatic rings. The number of thioether (sulfide) groups is 1. The van der Waals surface area contributed by atoms with Gasteiger partial charge in [0.2, 0.25) is 0 Å². The smallest absolute Gasteiger partial charge is 0.316 e. The van der Waals surface area contributed by atoms with Gasteiger partial charge in [0, 0.05) is 40.5 Å². The van der Waals surface area contributed by atoms with Crippen LogP contribution in [0.2, 0.25) is 0 Å². The second kappa shape index (κ2) is 11.8. The molecule has 7 heteroatoms. The number of carbonyl (C=O) groups is 2. The number of ether oxygens (including phenoxy) is 1. The Kier molecular flexibility index (Phi) is 9.37. The van der Waals surface area contributed by atoms with Gasteiger partial charge in [-0.2, -0.15) is 0 Å². The lowest BCUT2D eigenvalue weighted by Crippen LogP contribution is -2.63. The molecule has 3 N–H and O–H groups in total. The lowest BCUT2D eigenvalue weighted by Gasteiger charge is -2.61. The summed E-state index contributed by atoms with van der Waals surface area (Å²) in [7, 11) is 0. The summed E-state index contributed by atoms with van der Waals surface area (Å²) in [5.41, 5.74) is -1.33. The van der Waals surface area contributed by atoms with Crippen LogP contribution in [0.4, 0.5) is 0 Å². The molecule has 4 rings (SSSR count). The van der Waals surface area contributed by atoms with Gasteiger partial charge >= 0.3 is 5.97 Å². The van der Waals surface area contributed by atoms with E-state index in [4.69, 9.17) is 4.74 Å². The van der Waals surface area contributed by atoms with Crippen LogP contribution in [0.5, 0.6) is 0 Å². The number of hydrogen-bond donors (Lipinski definition) is 3. The molecule has 11 atom stereocenters. The maximum Gasteiger partial charge on any atom is 0.316 e. The van der Waals surface area contributed by atoms with E-state index < -0.39 is 23.0 Å².